The second-order valence-corrected chi connectivity index (χ2v) is 6.22. The van der Waals surface area contributed by atoms with E-state index in [1.54, 1.807) is 0 Å². The normalized spacial score (nSPS) is 15.0. The number of benzene rings is 1. The molecule has 2 atom stereocenters. The van der Waals surface area contributed by atoms with Crippen LogP contribution >= 0.6 is 0 Å². The molecule has 19 heavy (non-hydrogen) atoms. The lowest BCUT2D eigenvalue weighted by molar-refractivity contribution is -0.134. The molecule has 0 aromatic heterocycles. The molecule has 0 unspecified atom stereocenters. The van der Waals surface area contributed by atoms with E-state index < -0.39 is 11.5 Å². The van der Waals surface area contributed by atoms with Crippen molar-refractivity contribution >= 4 is 5.78 Å². The van der Waals surface area contributed by atoms with Crippen LogP contribution in [0.3, 0.4) is 0 Å². The van der Waals surface area contributed by atoms with Crippen molar-refractivity contribution in [2.24, 2.45) is 11.3 Å². The second-order valence-electron chi connectivity index (χ2n) is 6.22. The topological polar surface area (TPSA) is 37.3 Å². The Morgan fingerprint density at radius 3 is 2.26 bits per heavy atom. The van der Waals surface area contributed by atoms with Gasteiger partial charge >= 0.3 is 0 Å². The van der Waals surface area contributed by atoms with Crippen LogP contribution in [-0.2, 0) is 4.79 Å². The molecule has 0 spiro atoms. The van der Waals surface area contributed by atoms with Crippen LogP contribution in [0.15, 0.2) is 30.3 Å². The predicted octanol–water partition coefficient (Wildman–Crippen LogP) is 4.14. The van der Waals surface area contributed by atoms with Gasteiger partial charge in [0, 0.05) is 11.3 Å². The van der Waals surface area contributed by atoms with Crippen LogP contribution in [0.5, 0.6) is 0 Å². The first kappa shape index (κ1) is 15.9. The molecule has 1 rings (SSSR count). The number of aliphatic hydroxyl groups is 1. The number of aliphatic hydroxyl groups excluding tert-OH is 1. The van der Waals surface area contributed by atoms with E-state index in [-0.39, 0.29) is 11.7 Å². The van der Waals surface area contributed by atoms with Gasteiger partial charge in [0.15, 0.2) is 0 Å². The molecule has 0 saturated heterocycles. The fourth-order valence-electron chi connectivity index (χ4n) is 2.30. The molecule has 1 N–H and O–H groups in total. The molecule has 1 aromatic carbocycles. The average Bonchev–Trinajstić information content (AvgIpc) is 2.38. The van der Waals surface area contributed by atoms with Gasteiger partial charge in [-0.25, -0.2) is 0 Å². The van der Waals surface area contributed by atoms with Crippen LogP contribution in [0, 0.1) is 11.3 Å². The molecular weight excluding hydrogens is 236 g/mol. The third-order valence-electron chi connectivity index (χ3n) is 3.47. The zero-order valence-corrected chi connectivity index (χ0v) is 12.5. The Kier molecular flexibility index (Phi) is 5.74. The monoisotopic (exact) mass is 262 g/mol. The molecule has 0 aliphatic carbocycles. The zero-order valence-electron chi connectivity index (χ0n) is 12.5. The molecule has 0 aliphatic rings. The van der Waals surface area contributed by atoms with Gasteiger partial charge in [-0.1, -0.05) is 70.9 Å². The summed E-state index contributed by atoms with van der Waals surface area (Å²) < 4.78 is 0. The largest absolute Gasteiger partial charge is 0.388 e. The summed E-state index contributed by atoms with van der Waals surface area (Å²) in [5.74, 6) is -0.153. The molecule has 0 amide bonds. The lowest BCUT2D eigenvalue weighted by Gasteiger charge is -2.28. The Labute approximate surface area is 116 Å². The lowest BCUT2D eigenvalue weighted by atomic mass is 9.77. The quantitative estimate of drug-likeness (QED) is 0.836. The Morgan fingerprint density at radius 2 is 1.79 bits per heavy atom. The summed E-state index contributed by atoms with van der Waals surface area (Å²) in [5.41, 5.74) is 0.426. The van der Waals surface area contributed by atoms with Gasteiger partial charge in [0.25, 0.3) is 0 Å². The maximum Gasteiger partial charge on any atom is 0.144 e. The predicted molar refractivity (Wildman–Crippen MR) is 78.9 cm³/mol. The summed E-state index contributed by atoms with van der Waals surface area (Å²) in [5, 5.41) is 10.5. The van der Waals surface area contributed by atoms with Gasteiger partial charge in [0.05, 0.1) is 6.10 Å². The van der Waals surface area contributed by atoms with Crippen molar-refractivity contribution in [3.63, 3.8) is 0 Å². The molecule has 2 heteroatoms. The van der Waals surface area contributed by atoms with Crippen molar-refractivity contribution in [2.75, 3.05) is 0 Å². The highest BCUT2D eigenvalue weighted by atomic mass is 16.3. The highest BCUT2D eigenvalue weighted by Gasteiger charge is 2.34. The van der Waals surface area contributed by atoms with Gasteiger partial charge in [0.2, 0.25) is 0 Å². The number of hydrogen-bond donors (Lipinski definition) is 1. The summed E-state index contributed by atoms with van der Waals surface area (Å²) in [4.78, 5) is 12.5. The van der Waals surface area contributed by atoms with Crippen molar-refractivity contribution in [3.05, 3.63) is 35.9 Å². The highest BCUT2D eigenvalue weighted by Crippen LogP contribution is 2.33. The van der Waals surface area contributed by atoms with E-state index in [1.165, 1.54) is 0 Å². The first-order valence-electron chi connectivity index (χ1n) is 7.15. The second kappa shape index (κ2) is 6.85. The minimum absolute atomic E-state index is 0.150. The Hall–Kier alpha value is -1.15. The standard InChI is InChI=1S/C17H26O2/c1-5-6-12-14(16(19)17(2,3)4)15(18)13-10-8-7-9-11-13/h7-11,14-15,18H,5-6,12H2,1-4H3/t14-,15-/m1/s1. The van der Waals surface area contributed by atoms with Crippen LogP contribution in [0.2, 0.25) is 0 Å². The smallest absolute Gasteiger partial charge is 0.144 e. The van der Waals surface area contributed by atoms with Crippen molar-refractivity contribution in [3.8, 4) is 0 Å². The fraction of sp³-hybridized carbons (Fsp3) is 0.588. The van der Waals surface area contributed by atoms with Crippen LogP contribution in [0.25, 0.3) is 0 Å². The number of hydrogen-bond acceptors (Lipinski definition) is 2. The highest BCUT2D eigenvalue weighted by molar-refractivity contribution is 5.86. The Morgan fingerprint density at radius 1 is 1.21 bits per heavy atom. The number of rotatable bonds is 6. The van der Waals surface area contributed by atoms with Crippen molar-refractivity contribution in [1.82, 2.24) is 0 Å². The fourth-order valence-corrected chi connectivity index (χ4v) is 2.30. The minimum atomic E-state index is -0.695. The molecule has 106 valence electrons. The Balaban J connectivity index is 2.94. The zero-order chi connectivity index (χ0) is 14.5. The molecule has 0 radical (unpaired) electrons. The first-order valence-corrected chi connectivity index (χ1v) is 7.15. The molecule has 1 aromatic rings. The van der Waals surface area contributed by atoms with E-state index in [2.05, 4.69) is 6.92 Å². The van der Waals surface area contributed by atoms with Gasteiger partial charge in [0.1, 0.15) is 5.78 Å². The van der Waals surface area contributed by atoms with Gasteiger partial charge in [-0.2, -0.15) is 0 Å². The number of Topliss-reactive ketones (excluding diaryl/α,β-unsaturated/α-hetero) is 1. The summed E-state index contributed by atoms with van der Waals surface area (Å²) in [6.07, 6.45) is 2.06. The maximum absolute atomic E-state index is 12.5. The van der Waals surface area contributed by atoms with Gasteiger partial charge in [-0.15, -0.1) is 0 Å². The van der Waals surface area contributed by atoms with E-state index in [4.69, 9.17) is 0 Å². The molecule has 0 fully saturated rings. The molecule has 2 nitrogen and oxygen atoms in total. The third kappa shape index (κ3) is 4.46. The van der Waals surface area contributed by atoms with Crippen LogP contribution in [-0.4, -0.2) is 10.9 Å². The van der Waals surface area contributed by atoms with Gasteiger partial charge in [-0.05, 0) is 12.0 Å². The van der Waals surface area contributed by atoms with E-state index in [9.17, 15) is 9.90 Å². The summed E-state index contributed by atoms with van der Waals surface area (Å²) >= 11 is 0. The average molecular weight is 262 g/mol. The van der Waals surface area contributed by atoms with E-state index in [1.807, 2.05) is 51.1 Å². The van der Waals surface area contributed by atoms with Crippen LogP contribution in [0.4, 0.5) is 0 Å². The van der Waals surface area contributed by atoms with Crippen molar-refractivity contribution < 1.29 is 9.90 Å². The Bertz CT molecular complexity index is 389. The lowest BCUT2D eigenvalue weighted by Crippen LogP contribution is -2.32. The maximum atomic E-state index is 12.5. The van der Waals surface area contributed by atoms with Gasteiger partial charge in [-0.3, -0.25) is 4.79 Å². The number of unbranched alkanes of at least 4 members (excludes halogenated alkanes) is 1. The van der Waals surface area contributed by atoms with E-state index in [0.717, 1.165) is 24.8 Å². The molecule has 0 bridgehead atoms. The van der Waals surface area contributed by atoms with Gasteiger partial charge < -0.3 is 5.11 Å². The molecule has 0 heterocycles. The summed E-state index contributed by atoms with van der Waals surface area (Å²) in [6, 6.07) is 9.50. The first-order chi connectivity index (χ1) is 8.88. The molecule has 0 saturated carbocycles. The third-order valence-corrected chi connectivity index (χ3v) is 3.47. The molecular formula is C17H26O2. The number of carbonyl (C=O) groups excluding carboxylic acids is 1. The van der Waals surface area contributed by atoms with Crippen LogP contribution in [0.1, 0.15) is 58.6 Å². The molecule has 0 aliphatic heterocycles. The van der Waals surface area contributed by atoms with E-state index in [0.29, 0.717) is 0 Å². The van der Waals surface area contributed by atoms with E-state index >= 15 is 0 Å². The van der Waals surface area contributed by atoms with Crippen LogP contribution < -0.4 is 0 Å². The van der Waals surface area contributed by atoms with Crippen molar-refractivity contribution in [2.45, 2.75) is 53.1 Å². The summed E-state index contributed by atoms with van der Waals surface area (Å²) in [6.45, 7) is 7.87. The number of ketones is 1. The summed E-state index contributed by atoms with van der Waals surface area (Å²) in [7, 11) is 0. The SMILES string of the molecule is CCCC[C@@H](C(=O)C(C)(C)C)[C@H](O)c1ccccc1. The number of carbonyl (C=O) groups is 1. The minimum Gasteiger partial charge on any atom is -0.388 e. The van der Waals surface area contributed by atoms with Crippen molar-refractivity contribution in [1.29, 1.82) is 0 Å².